The molecule has 20 fully saturated rings. The standard InChI is InChI=1S/C24H40O5.3C24H40O4.C24H40O3/c1-13(4-7-21(28)29)16-5-6-17-22-18(12-20(27)24(16,17)3)23(2)9-8-15(25)10-14(23)11-19(22)26;1-14(4-9-22(27)28)18-7-8-19-17-6-5-15-12-16(25)10-11-23(15,2)20(17)13-21(26)24(18,19)3;2*1-14(4-7-21(27)28)17-5-6-18-22-19(9-11-24(17,18)3)23(2)10-8-16(25)12-15(23)13-20(22)26;1-15(4-9-22(26)27)19-7-8-20-18-6-5-16-14-17(25)10-12-23(16,2)21(18)11-13-24(19,20)3/h13-20,22,25-27H,4-12H2,1-3H3,(H,28,29);14-21,25-26H,4-13H2,1-3H3,(H,27,28);2*14-20,22,25-26H,4-13H2,1-3H3,(H,27,28);15-21,25H,4-14H2,1-3H3,(H,26,27)/t13?,14-,15+,16+,17?,18?,19+,20-,22?,23-,24+;14?,15-,16-,17?,18-,19?,20?,21+,23+,24-;14?,15-,16+,17+,18?,19?,20+,22?,23-,24+;14?,15-,16+,17+,18?,19?,20-,22?,23-,24+;15?,16-,17-,18?,19-,20?,21?,23+,24-/m01001/s1. The van der Waals surface area contributed by atoms with E-state index in [1.165, 1.54) is 116 Å². The first-order valence-electron chi connectivity index (χ1n) is 58.7. The minimum atomic E-state index is -0.748. The second kappa shape index (κ2) is 42.3. The topological polar surface area (TPSA) is 389 Å². The quantitative estimate of drug-likeness (QED) is 0.0538. The number of hydrogen-bond acceptors (Lipinski definition) is 15. The van der Waals surface area contributed by atoms with Crippen molar-refractivity contribution in [2.45, 2.75) is 486 Å². The Hall–Kier alpha value is -3.05. The summed E-state index contributed by atoms with van der Waals surface area (Å²) in [5, 5.41) is 153. The summed E-state index contributed by atoms with van der Waals surface area (Å²) in [5.74, 6) is 12.2. The molecule has 20 aliphatic rings. The first-order valence-corrected chi connectivity index (χ1v) is 58.7. The zero-order valence-corrected chi connectivity index (χ0v) is 89.7. The molecule has 0 amide bonds. The number of aliphatic hydroxyl groups excluding tert-OH is 10. The summed E-state index contributed by atoms with van der Waals surface area (Å²) >= 11 is 0. The Morgan fingerprint density at radius 1 is 0.221 bits per heavy atom. The first-order chi connectivity index (χ1) is 65.8. The van der Waals surface area contributed by atoms with Gasteiger partial charge in [-0.3, -0.25) is 24.0 Å². The molecule has 0 spiro atoms. The van der Waals surface area contributed by atoms with Gasteiger partial charge >= 0.3 is 29.8 Å². The molecule has 0 bridgehead atoms. The van der Waals surface area contributed by atoms with E-state index >= 15 is 0 Å². The lowest BCUT2D eigenvalue weighted by atomic mass is 9.43. The van der Waals surface area contributed by atoms with Gasteiger partial charge in [0.05, 0.1) is 61.0 Å². The third kappa shape index (κ3) is 19.9. The zero-order valence-electron chi connectivity index (χ0n) is 89.7. The summed E-state index contributed by atoms with van der Waals surface area (Å²) < 4.78 is 0. The Labute approximate surface area is 843 Å². The summed E-state index contributed by atoms with van der Waals surface area (Å²) in [6, 6.07) is 0. The molecule has 20 saturated carbocycles. The van der Waals surface area contributed by atoms with Crippen LogP contribution in [-0.2, 0) is 24.0 Å². The number of hydrogen-bond donors (Lipinski definition) is 15. The second-order valence-electron chi connectivity index (χ2n) is 56.7. The van der Waals surface area contributed by atoms with Crippen LogP contribution in [0.2, 0.25) is 0 Å². The van der Waals surface area contributed by atoms with E-state index in [4.69, 9.17) is 25.5 Å². The third-order valence-electron chi connectivity index (χ3n) is 51.3. The first kappa shape index (κ1) is 110. The number of carboxylic acid groups (broad SMARTS) is 5. The van der Waals surface area contributed by atoms with Crippen molar-refractivity contribution in [2.24, 2.45) is 232 Å². The molecule has 0 aromatic heterocycles. The fourth-order valence-electron chi connectivity index (χ4n) is 43.6. The Morgan fingerprint density at radius 2 is 0.450 bits per heavy atom. The molecule has 0 saturated heterocycles. The summed E-state index contributed by atoms with van der Waals surface area (Å²) in [6.07, 6.45) is 46.1. The van der Waals surface area contributed by atoms with Crippen molar-refractivity contribution >= 4 is 29.8 Å². The molecule has 50 atom stereocenters. The molecule has 15 N–H and O–H groups in total. The van der Waals surface area contributed by atoms with E-state index in [9.17, 15) is 75.0 Å². The van der Waals surface area contributed by atoms with E-state index in [0.717, 1.165) is 191 Å². The van der Waals surface area contributed by atoms with Gasteiger partial charge < -0.3 is 76.6 Å². The van der Waals surface area contributed by atoms with E-state index in [1.54, 1.807) is 0 Å². The van der Waals surface area contributed by atoms with Crippen molar-refractivity contribution in [1.29, 1.82) is 0 Å². The number of fused-ring (bicyclic) bond motifs is 25. The van der Waals surface area contributed by atoms with Crippen LogP contribution in [0.25, 0.3) is 0 Å². The Kier molecular flexibility index (Phi) is 33.1. The van der Waals surface area contributed by atoms with Crippen molar-refractivity contribution in [3.8, 4) is 0 Å². The van der Waals surface area contributed by atoms with Crippen LogP contribution in [-0.4, -0.2) is 167 Å². The van der Waals surface area contributed by atoms with Crippen LogP contribution in [0, 0.1) is 232 Å². The Morgan fingerprint density at radius 3 is 0.800 bits per heavy atom. The average Bonchev–Trinajstić information content (AvgIpc) is 1.47. The molecule has 20 nitrogen and oxygen atoms in total. The summed E-state index contributed by atoms with van der Waals surface area (Å²) in [4.78, 5) is 55.3. The van der Waals surface area contributed by atoms with Crippen molar-refractivity contribution < 1.29 is 101 Å². The van der Waals surface area contributed by atoms with Crippen LogP contribution in [0.1, 0.15) is 425 Å². The maximum Gasteiger partial charge on any atom is 0.303 e. The molecule has 20 unspecified atom stereocenters. The lowest BCUT2D eigenvalue weighted by Crippen LogP contribution is -2.62. The van der Waals surface area contributed by atoms with E-state index in [-0.39, 0.29) is 136 Å². The van der Waals surface area contributed by atoms with E-state index in [2.05, 4.69) is 104 Å². The van der Waals surface area contributed by atoms with Gasteiger partial charge in [0.1, 0.15) is 0 Å². The van der Waals surface area contributed by atoms with Gasteiger partial charge in [0.25, 0.3) is 0 Å². The maximum atomic E-state index is 11.5. The molecule has 0 radical (unpaired) electrons. The van der Waals surface area contributed by atoms with Crippen molar-refractivity contribution in [3.05, 3.63) is 0 Å². The fourth-order valence-corrected chi connectivity index (χ4v) is 43.6. The monoisotopic (exact) mass is 1960 g/mol. The molecular weight excluding hydrogens is 1760 g/mol. The number of carbonyl (C=O) groups is 5. The van der Waals surface area contributed by atoms with Crippen LogP contribution in [0.3, 0.4) is 0 Å². The largest absolute Gasteiger partial charge is 0.481 e. The second-order valence-corrected chi connectivity index (χ2v) is 56.7. The predicted octanol–water partition coefficient (Wildman–Crippen LogP) is 22.4. The Balaban J connectivity index is 0.000000126. The summed E-state index contributed by atoms with van der Waals surface area (Å²) in [6.45, 7) is 35.5. The summed E-state index contributed by atoms with van der Waals surface area (Å²) in [7, 11) is 0. The molecule has 0 aromatic carbocycles. The van der Waals surface area contributed by atoms with Crippen molar-refractivity contribution in [2.75, 3.05) is 0 Å². The number of aliphatic carboxylic acids is 5. The highest BCUT2D eigenvalue weighted by atomic mass is 16.4. The molecule has 20 rings (SSSR count). The lowest BCUT2D eigenvalue weighted by molar-refractivity contribution is -0.207. The average molecular weight is 1960 g/mol. The molecule has 140 heavy (non-hydrogen) atoms. The zero-order chi connectivity index (χ0) is 101. The number of rotatable bonds is 20. The lowest BCUT2D eigenvalue weighted by Gasteiger charge is -2.63. The van der Waals surface area contributed by atoms with Crippen LogP contribution in [0.4, 0.5) is 0 Å². The SMILES string of the molecule is CC(CCC(=O)O)[C@H]1CCC2C3C(CC[C@@]21C)[C@@]1(C)CC[C@@H](O)C[C@H]1C[C@@H]3O.CC(CCC(=O)O)[C@H]1CCC2C3C(CC[C@@]21C)[C@@]1(C)CC[C@@H](O)C[C@H]1C[C@H]3O.CC(CCC(=O)O)[C@H]1CCC2C3C(C[C@H](O)[C@@]21C)[C@@]1(C)CC[C@@H](O)C[C@H]1C[C@H]3O.CC(CCC(=O)O)[C@H]1CCC2C3CC[C@@H]4C[C@H](O)CC[C@]4(C)C3CC[C@@]21C.CC(CCC(=O)O)[C@H]1CCC2C3CC[C@@H]4C[C@H](O)CC[C@]4(C)C3C[C@H](O)[C@@]21C. The van der Waals surface area contributed by atoms with E-state index < -0.39 is 36.0 Å². The van der Waals surface area contributed by atoms with Gasteiger partial charge in [-0.05, 0) is 521 Å². The van der Waals surface area contributed by atoms with Gasteiger partial charge in [-0.1, -0.05) is 104 Å². The van der Waals surface area contributed by atoms with Crippen LogP contribution < -0.4 is 0 Å². The van der Waals surface area contributed by atoms with Gasteiger partial charge in [-0.15, -0.1) is 0 Å². The predicted molar refractivity (Wildman–Crippen MR) is 543 cm³/mol. The highest BCUT2D eigenvalue weighted by Gasteiger charge is 2.71. The van der Waals surface area contributed by atoms with Gasteiger partial charge in [0, 0.05) is 32.1 Å². The molecule has 20 aliphatic carbocycles. The van der Waals surface area contributed by atoms with Crippen LogP contribution in [0.5, 0.6) is 0 Å². The maximum absolute atomic E-state index is 11.5. The molecule has 0 aliphatic heterocycles. The third-order valence-corrected chi connectivity index (χ3v) is 51.3. The molecular formula is C120H200O20. The molecule has 20 heteroatoms. The molecule has 800 valence electrons. The number of carboxylic acids is 5. The minimum Gasteiger partial charge on any atom is -0.481 e. The molecule has 0 aromatic rings. The van der Waals surface area contributed by atoms with Gasteiger partial charge in [0.15, 0.2) is 0 Å². The van der Waals surface area contributed by atoms with E-state index in [1.807, 2.05) is 0 Å². The van der Waals surface area contributed by atoms with Crippen molar-refractivity contribution in [1.82, 2.24) is 0 Å². The van der Waals surface area contributed by atoms with Crippen molar-refractivity contribution in [3.63, 3.8) is 0 Å². The normalized spacial score (nSPS) is 51.7. The smallest absolute Gasteiger partial charge is 0.303 e. The fraction of sp³-hybridized carbons (Fsp3) is 0.958. The van der Waals surface area contributed by atoms with Gasteiger partial charge in [-0.2, -0.15) is 0 Å². The summed E-state index contributed by atoms with van der Waals surface area (Å²) in [5.41, 5.74) is 2.00. The number of aliphatic hydroxyl groups is 10. The molecule has 0 heterocycles. The van der Waals surface area contributed by atoms with Gasteiger partial charge in [-0.25, -0.2) is 0 Å². The minimum absolute atomic E-state index is 0.0561. The highest BCUT2D eigenvalue weighted by Crippen LogP contribution is 2.76. The van der Waals surface area contributed by atoms with E-state index in [0.29, 0.717) is 166 Å². The van der Waals surface area contributed by atoms with Crippen LogP contribution in [0.15, 0.2) is 0 Å². The van der Waals surface area contributed by atoms with Crippen LogP contribution >= 0.6 is 0 Å². The Bertz CT molecular complexity index is 4120. The highest BCUT2D eigenvalue weighted by molar-refractivity contribution is 5.68. The van der Waals surface area contributed by atoms with Gasteiger partial charge in [0.2, 0.25) is 0 Å².